The van der Waals surface area contributed by atoms with Crippen LogP contribution in [-0.2, 0) is 23.8 Å². The number of hydrogen-bond donors (Lipinski definition) is 1. The molecule has 166 valence electrons. The molecule has 0 saturated carbocycles. The zero-order valence-electron chi connectivity index (χ0n) is 17.0. The number of nitrogens with zero attached hydrogens (tertiary/aromatic N) is 4. The first-order chi connectivity index (χ1) is 15.3. The van der Waals surface area contributed by atoms with Crippen LogP contribution in [0.2, 0.25) is 0 Å². The minimum atomic E-state index is -4.47. The molecule has 3 aromatic heterocycles. The van der Waals surface area contributed by atoms with Crippen molar-refractivity contribution < 1.29 is 18.0 Å². The number of nitrogens with one attached hydrogen (secondary N) is 1. The molecule has 11 heteroatoms. The number of anilines is 1. The number of hydrogen-bond acceptors (Lipinski definition) is 6. The summed E-state index contributed by atoms with van der Waals surface area (Å²) in [5.41, 5.74) is 1.34. The van der Waals surface area contributed by atoms with Gasteiger partial charge in [0, 0.05) is 10.6 Å². The Hall–Kier alpha value is -2.66. The second-order valence-electron chi connectivity index (χ2n) is 7.61. The SMILES string of the molecule is Cc1nc2sc3c(c2c2nnc(SCC(=O)Nc4cccc(C(F)(F)F)c4)n12)CCCC3. The number of thioether (sulfide) groups is 1. The van der Waals surface area contributed by atoms with Crippen LogP contribution in [0.5, 0.6) is 0 Å². The van der Waals surface area contributed by atoms with Gasteiger partial charge in [0.2, 0.25) is 5.91 Å². The fourth-order valence-electron chi connectivity index (χ4n) is 3.98. The first-order valence-electron chi connectivity index (χ1n) is 10.1. The molecule has 0 radical (unpaired) electrons. The lowest BCUT2D eigenvalue weighted by atomic mass is 9.97. The fourth-order valence-corrected chi connectivity index (χ4v) is 6.06. The summed E-state index contributed by atoms with van der Waals surface area (Å²) in [6, 6.07) is 4.57. The highest BCUT2D eigenvalue weighted by Gasteiger charge is 2.30. The van der Waals surface area contributed by atoms with Gasteiger partial charge in [-0.1, -0.05) is 17.8 Å². The van der Waals surface area contributed by atoms with Gasteiger partial charge in [-0.25, -0.2) is 4.98 Å². The summed E-state index contributed by atoms with van der Waals surface area (Å²) in [6.07, 6.45) is -0.0711. The molecule has 1 aliphatic rings. The molecule has 0 spiro atoms. The van der Waals surface area contributed by atoms with Gasteiger partial charge in [-0.15, -0.1) is 21.5 Å². The third kappa shape index (κ3) is 3.83. The Morgan fingerprint density at radius 1 is 1.25 bits per heavy atom. The normalized spacial score (nSPS) is 14.1. The lowest BCUT2D eigenvalue weighted by Crippen LogP contribution is -2.15. The van der Waals surface area contributed by atoms with E-state index in [4.69, 9.17) is 4.98 Å². The van der Waals surface area contributed by atoms with Crippen LogP contribution in [-0.4, -0.2) is 31.2 Å². The van der Waals surface area contributed by atoms with Crippen LogP contribution >= 0.6 is 23.1 Å². The molecule has 1 amide bonds. The maximum Gasteiger partial charge on any atom is 0.416 e. The summed E-state index contributed by atoms with van der Waals surface area (Å²) in [4.78, 5) is 19.4. The van der Waals surface area contributed by atoms with Crippen LogP contribution in [0.25, 0.3) is 15.9 Å². The van der Waals surface area contributed by atoms with Gasteiger partial charge >= 0.3 is 6.18 Å². The van der Waals surface area contributed by atoms with Crippen molar-refractivity contribution in [3.05, 3.63) is 46.1 Å². The van der Waals surface area contributed by atoms with E-state index in [0.29, 0.717) is 5.16 Å². The Morgan fingerprint density at radius 2 is 2.06 bits per heavy atom. The minimum absolute atomic E-state index is 0.0176. The molecule has 0 atom stereocenters. The van der Waals surface area contributed by atoms with Crippen LogP contribution in [0.1, 0.15) is 34.7 Å². The summed E-state index contributed by atoms with van der Waals surface area (Å²) in [7, 11) is 0. The lowest BCUT2D eigenvalue weighted by molar-refractivity contribution is -0.137. The number of aryl methyl sites for hydroxylation is 3. The molecule has 0 unspecified atom stereocenters. The highest BCUT2D eigenvalue weighted by atomic mass is 32.2. The Bertz CT molecular complexity index is 1340. The van der Waals surface area contributed by atoms with Gasteiger partial charge in [-0.05, 0) is 56.4 Å². The standard InChI is InChI=1S/C21H18F3N5OS2/c1-11-25-19-17(14-7-2-3-8-15(14)32-19)18-27-28-20(29(11)18)31-10-16(30)26-13-6-4-5-12(9-13)21(22,23)24/h4-6,9H,2-3,7-8,10H2,1H3,(H,26,30). The first kappa shape index (κ1) is 21.2. The number of thiophene rings is 1. The summed E-state index contributed by atoms with van der Waals surface area (Å²) < 4.78 is 40.5. The van der Waals surface area contributed by atoms with E-state index in [-0.39, 0.29) is 11.4 Å². The van der Waals surface area contributed by atoms with Gasteiger partial charge in [-0.2, -0.15) is 13.2 Å². The quantitative estimate of drug-likeness (QED) is 0.405. The van der Waals surface area contributed by atoms with Gasteiger partial charge in [0.05, 0.1) is 16.7 Å². The van der Waals surface area contributed by atoms with Crippen molar-refractivity contribution in [3.8, 4) is 0 Å². The molecule has 0 fully saturated rings. The van der Waals surface area contributed by atoms with Crippen molar-refractivity contribution in [3.63, 3.8) is 0 Å². The molecule has 1 N–H and O–H groups in total. The Kier molecular flexibility index (Phi) is 5.32. The molecule has 4 aromatic rings. The van der Waals surface area contributed by atoms with Gasteiger partial charge < -0.3 is 5.32 Å². The highest BCUT2D eigenvalue weighted by molar-refractivity contribution is 7.99. The molecule has 0 aliphatic heterocycles. The number of carbonyl (C=O) groups is 1. The number of carbonyl (C=O) groups excluding carboxylic acids is 1. The molecule has 3 heterocycles. The smallest absolute Gasteiger partial charge is 0.325 e. The van der Waals surface area contributed by atoms with Crippen LogP contribution in [0.3, 0.4) is 0 Å². The third-order valence-corrected chi connectivity index (χ3v) is 7.52. The number of rotatable bonds is 4. The number of amides is 1. The number of fused-ring (bicyclic) bond motifs is 5. The summed E-state index contributed by atoms with van der Waals surface area (Å²) in [5.74, 6) is 0.290. The molecule has 32 heavy (non-hydrogen) atoms. The second-order valence-corrected chi connectivity index (χ2v) is 9.63. The lowest BCUT2D eigenvalue weighted by Gasteiger charge is -2.10. The molecular formula is C21H18F3N5OS2. The van der Waals surface area contributed by atoms with E-state index in [9.17, 15) is 18.0 Å². The van der Waals surface area contributed by atoms with Crippen LogP contribution in [0.4, 0.5) is 18.9 Å². The van der Waals surface area contributed by atoms with Crippen molar-refractivity contribution >= 4 is 50.6 Å². The predicted molar refractivity (Wildman–Crippen MR) is 118 cm³/mol. The van der Waals surface area contributed by atoms with Crippen molar-refractivity contribution in [1.82, 2.24) is 19.6 Å². The van der Waals surface area contributed by atoms with Crippen LogP contribution in [0, 0.1) is 6.92 Å². The molecule has 5 rings (SSSR count). The van der Waals surface area contributed by atoms with E-state index in [1.165, 1.54) is 40.8 Å². The maximum absolute atomic E-state index is 12.9. The average molecular weight is 478 g/mol. The first-order valence-corrected chi connectivity index (χ1v) is 11.9. The van der Waals surface area contributed by atoms with Crippen molar-refractivity contribution in [2.75, 3.05) is 11.1 Å². The highest BCUT2D eigenvalue weighted by Crippen LogP contribution is 2.38. The largest absolute Gasteiger partial charge is 0.416 e. The number of benzene rings is 1. The number of halogens is 3. The molecule has 0 saturated heterocycles. The topological polar surface area (TPSA) is 72.2 Å². The Morgan fingerprint density at radius 3 is 2.88 bits per heavy atom. The van der Waals surface area contributed by atoms with Gasteiger partial charge in [-0.3, -0.25) is 9.20 Å². The van der Waals surface area contributed by atoms with E-state index < -0.39 is 17.6 Å². The van der Waals surface area contributed by atoms with Crippen LogP contribution in [0.15, 0.2) is 29.4 Å². The monoisotopic (exact) mass is 477 g/mol. The number of alkyl halides is 3. The molecule has 6 nitrogen and oxygen atoms in total. The molecule has 0 bridgehead atoms. The van der Waals surface area contributed by atoms with Gasteiger partial charge in [0.1, 0.15) is 10.7 Å². The summed E-state index contributed by atoms with van der Waals surface area (Å²) in [6.45, 7) is 1.88. The minimum Gasteiger partial charge on any atom is -0.325 e. The van der Waals surface area contributed by atoms with E-state index >= 15 is 0 Å². The van der Waals surface area contributed by atoms with Crippen LogP contribution < -0.4 is 5.32 Å². The van der Waals surface area contributed by atoms with Crippen molar-refractivity contribution in [1.29, 1.82) is 0 Å². The van der Waals surface area contributed by atoms with E-state index in [0.717, 1.165) is 53.1 Å². The zero-order valence-corrected chi connectivity index (χ0v) is 18.6. The third-order valence-electron chi connectivity index (χ3n) is 5.40. The zero-order chi connectivity index (χ0) is 22.5. The Balaban J connectivity index is 1.37. The average Bonchev–Trinajstić information content (AvgIpc) is 3.33. The predicted octanol–water partition coefficient (Wildman–Crippen LogP) is 5.28. The Labute approximate surface area is 189 Å². The summed E-state index contributed by atoms with van der Waals surface area (Å²) in [5, 5.41) is 12.8. The van der Waals surface area contributed by atoms with E-state index in [1.54, 1.807) is 11.3 Å². The molecule has 1 aromatic carbocycles. The number of aromatic nitrogens is 4. The molecule has 1 aliphatic carbocycles. The van der Waals surface area contributed by atoms with Crippen molar-refractivity contribution in [2.45, 2.75) is 43.9 Å². The summed E-state index contributed by atoms with van der Waals surface area (Å²) >= 11 is 2.89. The van der Waals surface area contributed by atoms with E-state index in [2.05, 4.69) is 15.5 Å². The maximum atomic E-state index is 12.9. The molecular weight excluding hydrogens is 459 g/mol. The second kappa shape index (κ2) is 8.04. The van der Waals surface area contributed by atoms with Gasteiger partial charge in [0.15, 0.2) is 10.8 Å². The van der Waals surface area contributed by atoms with E-state index in [1.807, 2.05) is 11.3 Å². The van der Waals surface area contributed by atoms with Crippen molar-refractivity contribution in [2.24, 2.45) is 0 Å². The fraction of sp³-hybridized carbons (Fsp3) is 0.333. The van der Waals surface area contributed by atoms with Gasteiger partial charge in [0.25, 0.3) is 0 Å².